The van der Waals surface area contributed by atoms with E-state index in [0.717, 1.165) is 12.2 Å². The molecule has 0 radical (unpaired) electrons. The normalized spacial score (nSPS) is 15.3. The fraction of sp³-hybridized carbons (Fsp3) is 0.438. The van der Waals surface area contributed by atoms with Crippen LogP contribution in [-0.2, 0) is 6.54 Å². The summed E-state index contributed by atoms with van der Waals surface area (Å²) in [6, 6.07) is 8.65. The summed E-state index contributed by atoms with van der Waals surface area (Å²) in [5, 5.41) is 3.58. The van der Waals surface area contributed by atoms with E-state index in [2.05, 4.69) is 46.4 Å². The van der Waals surface area contributed by atoms with Crippen molar-refractivity contribution in [1.82, 2.24) is 4.98 Å². The predicted octanol–water partition coefficient (Wildman–Crippen LogP) is 4.05. The Bertz CT molecular complexity index is 558. The molecule has 2 heterocycles. The van der Waals surface area contributed by atoms with Gasteiger partial charge >= 0.3 is 0 Å². The first kappa shape index (κ1) is 13.4. The van der Waals surface area contributed by atoms with Gasteiger partial charge in [0, 0.05) is 18.0 Å². The molecule has 0 aliphatic carbocycles. The molecule has 1 aromatic carbocycles. The fourth-order valence-corrected chi connectivity index (χ4v) is 3.42. The van der Waals surface area contributed by atoms with Crippen molar-refractivity contribution in [2.75, 3.05) is 23.3 Å². The summed E-state index contributed by atoms with van der Waals surface area (Å²) in [6.45, 7) is 5.29. The van der Waals surface area contributed by atoms with E-state index >= 15 is 0 Å². The molecule has 4 heteroatoms. The van der Waals surface area contributed by atoms with Crippen LogP contribution in [0.15, 0.2) is 29.8 Å². The number of nitrogens with zero attached hydrogens (tertiary/aromatic N) is 2. The fourth-order valence-electron chi connectivity index (χ4n) is 2.71. The van der Waals surface area contributed by atoms with Gasteiger partial charge in [0.2, 0.25) is 0 Å². The second kappa shape index (κ2) is 6.27. The zero-order valence-corrected chi connectivity index (χ0v) is 12.7. The molecule has 3 nitrogen and oxygen atoms in total. The first-order valence-electron chi connectivity index (χ1n) is 7.31. The largest absolute Gasteiger partial charge is 0.378 e. The highest BCUT2D eigenvalue weighted by Gasteiger charge is 2.14. The SMILES string of the molecule is Cc1ncsc1CNc1ccccc1N1CCCCC1. The van der Waals surface area contributed by atoms with Gasteiger partial charge < -0.3 is 10.2 Å². The van der Waals surface area contributed by atoms with Gasteiger partial charge in [-0.05, 0) is 38.3 Å². The highest BCUT2D eigenvalue weighted by molar-refractivity contribution is 7.09. The van der Waals surface area contributed by atoms with Crippen LogP contribution in [0, 0.1) is 6.92 Å². The molecule has 0 unspecified atom stereocenters. The average Bonchev–Trinajstić information content (AvgIpc) is 2.92. The van der Waals surface area contributed by atoms with Gasteiger partial charge in [0.05, 0.1) is 29.1 Å². The Morgan fingerprint density at radius 1 is 1.20 bits per heavy atom. The monoisotopic (exact) mass is 287 g/mol. The van der Waals surface area contributed by atoms with Crippen molar-refractivity contribution in [3.05, 3.63) is 40.3 Å². The second-order valence-electron chi connectivity index (χ2n) is 5.28. The first-order valence-corrected chi connectivity index (χ1v) is 8.19. The molecule has 1 aliphatic heterocycles. The minimum Gasteiger partial charge on any atom is -0.378 e. The molecule has 0 amide bonds. The van der Waals surface area contributed by atoms with Crippen LogP contribution < -0.4 is 10.2 Å². The Kier molecular flexibility index (Phi) is 4.21. The maximum atomic E-state index is 4.31. The van der Waals surface area contributed by atoms with E-state index in [9.17, 15) is 0 Å². The molecule has 2 aromatic rings. The quantitative estimate of drug-likeness (QED) is 0.919. The Morgan fingerprint density at radius 3 is 2.75 bits per heavy atom. The molecule has 20 heavy (non-hydrogen) atoms. The number of hydrogen-bond acceptors (Lipinski definition) is 4. The van der Waals surface area contributed by atoms with Crippen molar-refractivity contribution in [3.63, 3.8) is 0 Å². The molecule has 1 aromatic heterocycles. The maximum Gasteiger partial charge on any atom is 0.0798 e. The van der Waals surface area contributed by atoms with Gasteiger partial charge in [0.15, 0.2) is 0 Å². The Balaban J connectivity index is 1.74. The lowest BCUT2D eigenvalue weighted by Crippen LogP contribution is -2.30. The van der Waals surface area contributed by atoms with Gasteiger partial charge in [0.25, 0.3) is 0 Å². The summed E-state index contributed by atoms with van der Waals surface area (Å²) in [7, 11) is 0. The van der Waals surface area contributed by atoms with E-state index in [0.29, 0.717) is 0 Å². The zero-order valence-electron chi connectivity index (χ0n) is 11.9. The lowest BCUT2D eigenvalue weighted by atomic mass is 10.1. The van der Waals surface area contributed by atoms with E-state index in [1.165, 1.54) is 48.6 Å². The minimum atomic E-state index is 0.862. The first-order chi connectivity index (χ1) is 9.84. The average molecular weight is 287 g/mol. The topological polar surface area (TPSA) is 28.2 Å². The number of anilines is 2. The van der Waals surface area contributed by atoms with Gasteiger partial charge in [-0.1, -0.05) is 12.1 Å². The van der Waals surface area contributed by atoms with Crippen LogP contribution in [-0.4, -0.2) is 18.1 Å². The lowest BCUT2D eigenvalue weighted by molar-refractivity contribution is 0.578. The highest BCUT2D eigenvalue weighted by Crippen LogP contribution is 2.29. The van der Waals surface area contributed by atoms with Crippen molar-refractivity contribution in [1.29, 1.82) is 0 Å². The molecule has 1 aliphatic rings. The Hall–Kier alpha value is -1.55. The number of aromatic nitrogens is 1. The number of thiazole rings is 1. The van der Waals surface area contributed by atoms with Crippen molar-refractivity contribution >= 4 is 22.7 Å². The minimum absolute atomic E-state index is 0.862. The van der Waals surface area contributed by atoms with Gasteiger partial charge in [-0.15, -0.1) is 11.3 Å². The van der Waals surface area contributed by atoms with E-state index in [1.54, 1.807) is 11.3 Å². The number of aryl methyl sites for hydroxylation is 1. The number of rotatable bonds is 4. The Labute approximate surface area is 124 Å². The van der Waals surface area contributed by atoms with Crippen LogP contribution in [0.1, 0.15) is 29.8 Å². The van der Waals surface area contributed by atoms with E-state index in [1.807, 2.05) is 5.51 Å². The highest BCUT2D eigenvalue weighted by atomic mass is 32.1. The summed E-state index contributed by atoms with van der Waals surface area (Å²) in [5.41, 5.74) is 5.64. The third kappa shape index (κ3) is 2.96. The van der Waals surface area contributed by atoms with Crippen LogP contribution >= 0.6 is 11.3 Å². The molecule has 106 valence electrons. The zero-order chi connectivity index (χ0) is 13.8. The van der Waals surface area contributed by atoms with Crippen LogP contribution in [0.5, 0.6) is 0 Å². The third-order valence-corrected chi connectivity index (χ3v) is 4.82. The summed E-state index contributed by atoms with van der Waals surface area (Å²) < 4.78 is 0. The van der Waals surface area contributed by atoms with Gasteiger partial charge in [0.1, 0.15) is 0 Å². The molecule has 0 atom stereocenters. The van der Waals surface area contributed by atoms with Crippen LogP contribution in [0.2, 0.25) is 0 Å². The Morgan fingerprint density at radius 2 is 2.00 bits per heavy atom. The number of benzene rings is 1. The number of piperidine rings is 1. The number of nitrogens with one attached hydrogen (secondary N) is 1. The van der Waals surface area contributed by atoms with Crippen LogP contribution in [0.3, 0.4) is 0 Å². The van der Waals surface area contributed by atoms with Gasteiger partial charge in [-0.2, -0.15) is 0 Å². The molecule has 1 saturated heterocycles. The molecule has 0 spiro atoms. The molecule has 0 bridgehead atoms. The summed E-state index contributed by atoms with van der Waals surface area (Å²) in [5.74, 6) is 0. The molecular formula is C16H21N3S. The van der Waals surface area contributed by atoms with Crippen LogP contribution in [0.25, 0.3) is 0 Å². The standard InChI is InChI=1S/C16H21N3S/c1-13-16(20-12-18-13)11-17-14-7-3-4-8-15(14)19-9-5-2-6-10-19/h3-4,7-8,12,17H,2,5-6,9-11H2,1H3. The van der Waals surface area contributed by atoms with E-state index in [4.69, 9.17) is 0 Å². The van der Waals surface area contributed by atoms with Gasteiger partial charge in [-0.25, -0.2) is 4.98 Å². The lowest BCUT2D eigenvalue weighted by Gasteiger charge is -2.30. The molecule has 0 saturated carbocycles. The smallest absolute Gasteiger partial charge is 0.0798 e. The predicted molar refractivity (Wildman–Crippen MR) is 86.7 cm³/mol. The molecule has 3 rings (SSSR count). The van der Waals surface area contributed by atoms with Crippen molar-refractivity contribution < 1.29 is 0 Å². The van der Waals surface area contributed by atoms with Crippen molar-refractivity contribution in [2.45, 2.75) is 32.7 Å². The summed E-state index contributed by atoms with van der Waals surface area (Å²) in [4.78, 5) is 8.13. The number of para-hydroxylation sites is 2. The summed E-state index contributed by atoms with van der Waals surface area (Å²) in [6.07, 6.45) is 3.98. The molecular weight excluding hydrogens is 266 g/mol. The van der Waals surface area contributed by atoms with Crippen LogP contribution in [0.4, 0.5) is 11.4 Å². The maximum absolute atomic E-state index is 4.31. The van der Waals surface area contributed by atoms with Gasteiger partial charge in [-0.3, -0.25) is 0 Å². The van der Waals surface area contributed by atoms with E-state index in [-0.39, 0.29) is 0 Å². The molecule has 1 N–H and O–H groups in total. The number of hydrogen-bond donors (Lipinski definition) is 1. The second-order valence-corrected chi connectivity index (χ2v) is 6.22. The van der Waals surface area contributed by atoms with E-state index < -0.39 is 0 Å². The third-order valence-electron chi connectivity index (χ3n) is 3.89. The molecule has 1 fully saturated rings. The summed E-state index contributed by atoms with van der Waals surface area (Å²) >= 11 is 1.72. The van der Waals surface area contributed by atoms with Crippen molar-refractivity contribution in [2.24, 2.45) is 0 Å². The van der Waals surface area contributed by atoms with Crippen molar-refractivity contribution in [3.8, 4) is 0 Å².